The summed E-state index contributed by atoms with van der Waals surface area (Å²) in [6, 6.07) is 18.9. The number of alkyl halides is 3. The molecule has 0 radical (unpaired) electrons. The van der Waals surface area contributed by atoms with Crippen LogP contribution in [0.2, 0.25) is 5.28 Å². The molecule has 2 aliphatic heterocycles. The van der Waals surface area contributed by atoms with Crippen LogP contribution in [0.25, 0.3) is 55.7 Å². The zero-order valence-electron chi connectivity index (χ0n) is 46.3. The number of aryl methyl sites for hydroxylation is 4. The standard InChI is InChI=1S/C30H28F4N6O.C25H27FN4O.C7H7ClN2.ClH/c1-3-17-6-5-7-18(4-2)27(17)40-28(25-21-8-10-35-26(21)19(16-41)12-23(25)31)22-15-39(11-9-24(22)38-40)29-36-13-20(14-37-29)30(32,33)34;1-3-15-6-5-7-16(4-2)24(15)30-25(19-13-27-10-9-21(19)29-30)22-18-8-11-28-23(18)17(14-31)12-20(22)26;8-7-9-3-6(4-10-7)5-1-2-5;/h5-8,10,12-14,35,41H,3-4,9,11,15-16H2,1-2H3;5-8,11-12,27-28,31H,3-4,9-10,13-14H2,1-2H3;3-5H,1-2H2;1H. The molecule has 13 rings (SSSR count). The Hall–Kier alpha value is -7.55. The van der Waals surface area contributed by atoms with Gasteiger partial charge in [-0.25, -0.2) is 38.1 Å². The number of hydrogen-bond donors (Lipinski definition) is 5. The Kier molecular flexibility index (Phi) is 17.5. The molecule has 8 heterocycles. The van der Waals surface area contributed by atoms with Crippen LogP contribution in [0.5, 0.6) is 0 Å². The lowest BCUT2D eigenvalue weighted by molar-refractivity contribution is -0.138. The number of fused-ring (bicyclic) bond motifs is 4. The Labute approximate surface area is 487 Å². The van der Waals surface area contributed by atoms with Crippen molar-refractivity contribution in [2.75, 3.05) is 18.0 Å². The molecule has 14 nitrogen and oxygen atoms in total. The number of anilines is 1. The number of benzene rings is 4. The molecule has 3 aliphatic rings. The van der Waals surface area contributed by atoms with Gasteiger partial charge in [0, 0.05) is 120 Å². The van der Waals surface area contributed by atoms with Crippen molar-refractivity contribution in [1.29, 1.82) is 0 Å². The number of H-pyrrole nitrogens is 2. The summed E-state index contributed by atoms with van der Waals surface area (Å²) in [5.41, 5.74) is 15.1. The summed E-state index contributed by atoms with van der Waals surface area (Å²) in [5.74, 6) is 0.0449. The SMILES string of the molecule is CCc1cccc(CC)c1-n1nc2c(c1-c1c(F)cc(CO)c3[nH]ccc13)CN(c1ncc(C(F)(F)F)cn1)CC2.CCc1cccc(CC)c1-n1nc2c(c1-c1c(F)cc(CO)c3[nH]ccc13)CNCC2.Cl.Clc1ncc(C2CC2)cn1. The van der Waals surface area contributed by atoms with E-state index in [9.17, 15) is 23.4 Å². The molecule has 83 heavy (non-hydrogen) atoms. The molecule has 5 N–H and O–H groups in total. The third kappa shape index (κ3) is 11.4. The van der Waals surface area contributed by atoms with E-state index in [-0.39, 0.29) is 43.9 Å². The Bertz CT molecular complexity index is 3900. The minimum atomic E-state index is -4.54. The average Bonchev–Trinajstić information content (AvgIpc) is 3.85. The molecule has 0 bridgehead atoms. The van der Waals surface area contributed by atoms with Gasteiger partial charge in [0.05, 0.1) is 64.0 Å². The molecule has 1 aliphatic carbocycles. The molecule has 0 atom stereocenters. The fraction of sp³-hybridized carbons (Fsp3) is 0.323. The van der Waals surface area contributed by atoms with Crippen LogP contribution in [-0.4, -0.2) is 72.8 Å². The molecule has 0 amide bonds. The van der Waals surface area contributed by atoms with Gasteiger partial charge >= 0.3 is 6.18 Å². The normalized spacial score (nSPS) is 14.0. The minimum absolute atomic E-state index is 0. The number of nitrogens with zero attached hydrogens (tertiary/aromatic N) is 9. The molecule has 10 aromatic rings. The summed E-state index contributed by atoms with van der Waals surface area (Å²) in [6.07, 6.45) is 11.2. The van der Waals surface area contributed by atoms with E-state index in [0.717, 1.165) is 119 Å². The topological polar surface area (TPSA) is 175 Å². The molecule has 432 valence electrons. The summed E-state index contributed by atoms with van der Waals surface area (Å²) < 4.78 is 74.9. The van der Waals surface area contributed by atoms with E-state index in [4.69, 9.17) is 21.8 Å². The van der Waals surface area contributed by atoms with Crippen molar-refractivity contribution >= 4 is 51.8 Å². The number of hydrogen-bond acceptors (Lipinski definition) is 10. The van der Waals surface area contributed by atoms with E-state index in [1.165, 1.54) is 41.7 Å². The zero-order valence-corrected chi connectivity index (χ0v) is 47.9. The van der Waals surface area contributed by atoms with Crippen molar-refractivity contribution in [1.82, 2.24) is 54.8 Å². The van der Waals surface area contributed by atoms with Crippen LogP contribution in [0, 0.1) is 11.6 Å². The van der Waals surface area contributed by atoms with Crippen LogP contribution >= 0.6 is 24.0 Å². The summed E-state index contributed by atoms with van der Waals surface area (Å²) in [7, 11) is 0. The third-order valence-corrected chi connectivity index (χ3v) is 16.0. The number of para-hydroxylation sites is 2. The van der Waals surface area contributed by atoms with Crippen molar-refractivity contribution in [3.05, 3.63) is 182 Å². The van der Waals surface area contributed by atoms with Crippen LogP contribution < -0.4 is 10.2 Å². The number of halogens is 7. The fourth-order valence-electron chi connectivity index (χ4n) is 11.5. The number of aromatic amines is 2. The van der Waals surface area contributed by atoms with Crippen LogP contribution in [-0.2, 0) is 71.0 Å². The predicted octanol–water partition coefficient (Wildman–Crippen LogP) is 13.0. The van der Waals surface area contributed by atoms with Crippen LogP contribution in [0.15, 0.2) is 97.8 Å². The Morgan fingerprint density at radius 3 is 1.58 bits per heavy atom. The lowest BCUT2D eigenvalue weighted by Crippen LogP contribution is -2.31. The highest BCUT2D eigenvalue weighted by Gasteiger charge is 2.35. The molecule has 0 unspecified atom stereocenters. The first kappa shape index (κ1) is 58.6. The highest BCUT2D eigenvalue weighted by Crippen LogP contribution is 2.43. The van der Waals surface area contributed by atoms with Crippen molar-refractivity contribution < 1.29 is 32.2 Å². The fourth-order valence-corrected chi connectivity index (χ4v) is 11.6. The van der Waals surface area contributed by atoms with Crippen LogP contribution in [0.1, 0.15) is 113 Å². The molecular weight excluding hydrogens is 1110 g/mol. The number of rotatable bonds is 12. The predicted molar refractivity (Wildman–Crippen MR) is 314 cm³/mol. The van der Waals surface area contributed by atoms with Crippen LogP contribution in [0.4, 0.5) is 27.9 Å². The van der Waals surface area contributed by atoms with Gasteiger partial charge in [-0.05, 0) is 108 Å². The molecule has 0 saturated heterocycles. The maximum absolute atomic E-state index is 16.1. The molecule has 1 fully saturated rings. The van der Waals surface area contributed by atoms with Gasteiger partial charge in [0.2, 0.25) is 11.2 Å². The molecule has 0 spiro atoms. The van der Waals surface area contributed by atoms with Gasteiger partial charge in [-0.2, -0.15) is 23.4 Å². The Balaban J connectivity index is 0.000000160. The largest absolute Gasteiger partial charge is 0.419 e. The maximum atomic E-state index is 16.1. The smallest absolute Gasteiger partial charge is 0.392 e. The molecule has 6 aromatic heterocycles. The number of aromatic nitrogens is 10. The average molecular weight is 1170 g/mol. The quantitative estimate of drug-likeness (QED) is 0.0585. The van der Waals surface area contributed by atoms with Crippen molar-refractivity contribution in [3.8, 4) is 33.9 Å². The summed E-state index contributed by atoms with van der Waals surface area (Å²) >= 11 is 5.51. The monoisotopic (exact) mass is 1170 g/mol. The van der Waals surface area contributed by atoms with E-state index in [1.807, 2.05) is 46.0 Å². The van der Waals surface area contributed by atoms with E-state index < -0.39 is 17.6 Å². The van der Waals surface area contributed by atoms with Crippen LogP contribution in [0.3, 0.4) is 0 Å². The first-order valence-corrected chi connectivity index (χ1v) is 28.2. The highest BCUT2D eigenvalue weighted by atomic mass is 35.5. The molecule has 4 aromatic carbocycles. The minimum Gasteiger partial charge on any atom is -0.392 e. The molecular formula is C62H63Cl2F5N12O2. The zero-order chi connectivity index (χ0) is 57.4. The number of nitrogens with one attached hydrogen (secondary N) is 3. The summed E-state index contributed by atoms with van der Waals surface area (Å²) in [6.45, 7) is 10.1. The van der Waals surface area contributed by atoms with Crippen molar-refractivity contribution in [2.45, 2.75) is 117 Å². The highest BCUT2D eigenvalue weighted by molar-refractivity contribution is 6.28. The second kappa shape index (κ2) is 24.7. The summed E-state index contributed by atoms with van der Waals surface area (Å²) in [4.78, 5) is 23.9. The van der Waals surface area contributed by atoms with Gasteiger partial charge < -0.3 is 30.4 Å². The molecule has 1 saturated carbocycles. The van der Waals surface area contributed by atoms with Crippen molar-refractivity contribution in [3.63, 3.8) is 0 Å². The van der Waals surface area contributed by atoms with E-state index in [2.05, 4.69) is 81.1 Å². The Morgan fingerprint density at radius 2 is 1.12 bits per heavy atom. The second-order valence-electron chi connectivity index (χ2n) is 20.7. The number of aliphatic hydroxyl groups excluding tert-OH is 2. The van der Waals surface area contributed by atoms with Gasteiger partial charge in [-0.1, -0.05) is 64.1 Å². The first-order chi connectivity index (χ1) is 39.8. The van der Waals surface area contributed by atoms with Crippen molar-refractivity contribution in [2.24, 2.45) is 0 Å². The maximum Gasteiger partial charge on any atom is 0.419 e. The first-order valence-electron chi connectivity index (χ1n) is 27.8. The van der Waals surface area contributed by atoms with Gasteiger partial charge in [-0.15, -0.1) is 12.4 Å². The molecule has 21 heteroatoms. The lowest BCUT2D eigenvalue weighted by Gasteiger charge is -2.27. The van der Waals surface area contributed by atoms with Gasteiger partial charge in [-0.3, -0.25) is 0 Å². The van der Waals surface area contributed by atoms with Gasteiger partial charge in [0.25, 0.3) is 0 Å². The summed E-state index contributed by atoms with van der Waals surface area (Å²) in [5, 5.41) is 34.9. The van der Waals surface area contributed by atoms with E-state index in [0.29, 0.717) is 63.6 Å². The second-order valence-corrected chi connectivity index (χ2v) is 21.0. The Morgan fingerprint density at radius 1 is 0.639 bits per heavy atom. The lowest BCUT2D eigenvalue weighted by atomic mass is 9.95. The third-order valence-electron chi connectivity index (χ3n) is 15.8. The number of aliphatic hydroxyl groups is 2. The van der Waals surface area contributed by atoms with E-state index >= 15 is 8.78 Å². The van der Waals surface area contributed by atoms with E-state index in [1.54, 1.807) is 23.4 Å². The van der Waals surface area contributed by atoms with Gasteiger partial charge in [0.1, 0.15) is 11.6 Å². The van der Waals surface area contributed by atoms with Gasteiger partial charge in [0.15, 0.2) is 0 Å².